The molecule has 1 aromatic carbocycles. The Balaban J connectivity index is 1.90. The van der Waals surface area contributed by atoms with E-state index in [1.807, 2.05) is 25.4 Å². The van der Waals surface area contributed by atoms with E-state index in [1.54, 1.807) is 18.0 Å². The molecule has 1 N–H and O–H groups in total. The van der Waals surface area contributed by atoms with Gasteiger partial charge < -0.3 is 5.32 Å². The molecule has 2 nitrogen and oxygen atoms in total. The van der Waals surface area contributed by atoms with E-state index in [-0.39, 0.29) is 5.82 Å². The van der Waals surface area contributed by atoms with Crippen molar-refractivity contribution in [2.75, 3.05) is 12.8 Å². The molecule has 5 heteroatoms. The Kier molecular flexibility index (Phi) is 6.01. The van der Waals surface area contributed by atoms with Gasteiger partial charge >= 0.3 is 0 Å². The van der Waals surface area contributed by atoms with Crippen LogP contribution in [0.15, 0.2) is 52.1 Å². The van der Waals surface area contributed by atoms with Gasteiger partial charge in [0.05, 0.1) is 0 Å². The predicted molar refractivity (Wildman–Crippen MR) is 85.6 cm³/mol. The minimum absolute atomic E-state index is 0.195. The summed E-state index contributed by atoms with van der Waals surface area (Å²) in [7, 11) is 1.96. The topological polar surface area (TPSA) is 24.9 Å². The van der Waals surface area contributed by atoms with E-state index in [4.69, 9.17) is 0 Å². The first-order valence-corrected chi connectivity index (χ1v) is 8.10. The Morgan fingerprint density at radius 2 is 2.05 bits per heavy atom. The summed E-state index contributed by atoms with van der Waals surface area (Å²) < 4.78 is 13.8. The average molecular weight is 355 g/mol. The Hall–Kier alpha value is -0.910. The number of hydrogen-bond donors (Lipinski definition) is 1. The zero-order valence-electron chi connectivity index (χ0n) is 11.1. The zero-order valence-corrected chi connectivity index (χ0v) is 13.5. The van der Waals surface area contributed by atoms with Gasteiger partial charge in [-0.15, -0.1) is 11.8 Å². The fraction of sp³-hybridized carbons (Fsp3) is 0.267. The highest BCUT2D eigenvalue weighted by Gasteiger charge is 2.09. The number of pyridine rings is 1. The quantitative estimate of drug-likeness (QED) is 0.796. The maximum absolute atomic E-state index is 12.8. The van der Waals surface area contributed by atoms with Crippen molar-refractivity contribution in [2.24, 2.45) is 0 Å². The third-order valence-corrected chi connectivity index (χ3v) is 4.52. The summed E-state index contributed by atoms with van der Waals surface area (Å²) in [5.41, 5.74) is 1.19. The van der Waals surface area contributed by atoms with Gasteiger partial charge in [0.1, 0.15) is 5.82 Å². The number of nitrogens with zero attached hydrogens (tertiary/aromatic N) is 1. The molecule has 1 aromatic heterocycles. The summed E-state index contributed by atoms with van der Waals surface area (Å²) in [4.78, 5) is 5.26. The number of nitrogens with one attached hydrogen (secondary N) is 1. The summed E-state index contributed by atoms with van der Waals surface area (Å²) in [6.07, 6.45) is 4.58. The van der Waals surface area contributed by atoms with E-state index in [1.165, 1.54) is 17.7 Å². The van der Waals surface area contributed by atoms with Crippen LogP contribution in [0.2, 0.25) is 0 Å². The number of aromatic nitrogens is 1. The summed E-state index contributed by atoms with van der Waals surface area (Å²) >= 11 is 5.16. The lowest BCUT2D eigenvalue weighted by Crippen LogP contribution is -2.30. The van der Waals surface area contributed by atoms with Crippen LogP contribution < -0.4 is 5.32 Å². The van der Waals surface area contributed by atoms with Gasteiger partial charge in [0.25, 0.3) is 0 Å². The van der Waals surface area contributed by atoms with Crippen LogP contribution in [-0.4, -0.2) is 23.8 Å². The maximum Gasteiger partial charge on any atom is 0.123 e. The first-order valence-electron chi connectivity index (χ1n) is 6.32. The van der Waals surface area contributed by atoms with Crippen molar-refractivity contribution in [3.05, 3.63) is 58.6 Å². The minimum Gasteiger partial charge on any atom is -0.316 e. The Labute approximate surface area is 131 Å². The lowest BCUT2D eigenvalue weighted by atomic mass is 10.1. The van der Waals surface area contributed by atoms with E-state index < -0.39 is 0 Å². The number of hydrogen-bond acceptors (Lipinski definition) is 3. The van der Waals surface area contributed by atoms with Gasteiger partial charge in [0.15, 0.2) is 0 Å². The largest absolute Gasteiger partial charge is 0.316 e. The van der Waals surface area contributed by atoms with Crippen molar-refractivity contribution in [2.45, 2.75) is 17.4 Å². The summed E-state index contributed by atoms with van der Waals surface area (Å²) in [6, 6.07) is 9.05. The molecule has 0 aliphatic heterocycles. The first kappa shape index (κ1) is 15.5. The van der Waals surface area contributed by atoms with Gasteiger partial charge in [-0.2, -0.15) is 0 Å². The second kappa shape index (κ2) is 7.76. The molecule has 1 atom stereocenters. The molecule has 106 valence electrons. The fourth-order valence-corrected chi connectivity index (χ4v) is 3.24. The third-order valence-electron chi connectivity index (χ3n) is 2.92. The molecule has 0 aliphatic rings. The number of likely N-dealkylation sites (N-methyl/N-ethyl adjacent to an activating group) is 1. The van der Waals surface area contributed by atoms with Gasteiger partial charge in [-0.05, 0) is 65.3 Å². The van der Waals surface area contributed by atoms with Crippen molar-refractivity contribution < 1.29 is 4.39 Å². The van der Waals surface area contributed by atoms with E-state index in [0.29, 0.717) is 6.04 Å². The number of benzene rings is 1. The third kappa shape index (κ3) is 4.89. The van der Waals surface area contributed by atoms with Crippen LogP contribution in [-0.2, 0) is 6.42 Å². The van der Waals surface area contributed by atoms with Crippen molar-refractivity contribution in [3.8, 4) is 0 Å². The number of halogens is 2. The van der Waals surface area contributed by atoms with Crippen LogP contribution in [0.5, 0.6) is 0 Å². The standard InChI is InChI=1S/C15H16BrFN2S/c1-18-14(7-11-6-12(16)9-19-8-11)10-20-15-4-2-13(17)3-5-15/h2-6,8-9,14,18H,7,10H2,1H3. The van der Waals surface area contributed by atoms with E-state index in [9.17, 15) is 4.39 Å². The van der Waals surface area contributed by atoms with Crippen LogP contribution in [0.1, 0.15) is 5.56 Å². The zero-order chi connectivity index (χ0) is 14.4. The second-order valence-electron chi connectivity index (χ2n) is 4.47. The summed E-state index contributed by atoms with van der Waals surface area (Å²) in [6.45, 7) is 0. The smallest absolute Gasteiger partial charge is 0.123 e. The molecular formula is C15H16BrFN2S. The molecule has 1 unspecified atom stereocenters. The molecule has 0 amide bonds. The van der Waals surface area contributed by atoms with E-state index >= 15 is 0 Å². The van der Waals surface area contributed by atoms with E-state index in [2.05, 4.69) is 32.3 Å². The molecular weight excluding hydrogens is 339 g/mol. The van der Waals surface area contributed by atoms with E-state index in [0.717, 1.165) is 21.5 Å². The van der Waals surface area contributed by atoms with Crippen molar-refractivity contribution >= 4 is 27.7 Å². The first-order chi connectivity index (χ1) is 9.67. The number of thioether (sulfide) groups is 1. The molecule has 2 aromatic rings. The maximum atomic E-state index is 12.8. The van der Waals surface area contributed by atoms with Crippen LogP contribution in [0.3, 0.4) is 0 Å². The van der Waals surface area contributed by atoms with Gasteiger partial charge in [-0.3, -0.25) is 4.98 Å². The van der Waals surface area contributed by atoms with Gasteiger partial charge in [0.2, 0.25) is 0 Å². The molecule has 0 saturated carbocycles. The highest BCUT2D eigenvalue weighted by atomic mass is 79.9. The lowest BCUT2D eigenvalue weighted by molar-refractivity contribution is 0.615. The summed E-state index contributed by atoms with van der Waals surface area (Å²) in [5, 5.41) is 3.31. The highest BCUT2D eigenvalue weighted by molar-refractivity contribution is 9.10. The van der Waals surface area contributed by atoms with Crippen LogP contribution >= 0.6 is 27.7 Å². The molecule has 0 aliphatic carbocycles. The molecule has 1 heterocycles. The minimum atomic E-state index is -0.195. The SMILES string of the molecule is CNC(CSc1ccc(F)cc1)Cc1cncc(Br)c1. The Morgan fingerprint density at radius 3 is 2.70 bits per heavy atom. The Morgan fingerprint density at radius 1 is 1.30 bits per heavy atom. The molecule has 0 fully saturated rings. The van der Waals surface area contributed by atoms with Crippen LogP contribution in [0, 0.1) is 5.82 Å². The van der Waals surface area contributed by atoms with Crippen molar-refractivity contribution in [3.63, 3.8) is 0 Å². The van der Waals surface area contributed by atoms with Gasteiger partial charge in [0, 0.05) is 33.6 Å². The van der Waals surface area contributed by atoms with Gasteiger partial charge in [-0.1, -0.05) is 0 Å². The molecule has 0 spiro atoms. The predicted octanol–water partition coefficient (Wildman–Crippen LogP) is 3.91. The van der Waals surface area contributed by atoms with Crippen LogP contribution in [0.25, 0.3) is 0 Å². The highest BCUT2D eigenvalue weighted by Crippen LogP contribution is 2.20. The number of rotatable bonds is 6. The average Bonchev–Trinajstić information content (AvgIpc) is 2.45. The van der Waals surface area contributed by atoms with Crippen LogP contribution in [0.4, 0.5) is 4.39 Å². The molecule has 0 saturated heterocycles. The Bertz CT molecular complexity index is 548. The van der Waals surface area contributed by atoms with Gasteiger partial charge in [-0.25, -0.2) is 4.39 Å². The summed E-state index contributed by atoms with van der Waals surface area (Å²) in [5.74, 6) is 0.731. The fourth-order valence-electron chi connectivity index (χ4n) is 1.82. The molecule has 0 bridgehead atoms. The van der Waals surface area contributed by atoms with Crippen molar-refractivity contribution in [1.29, 1.82) is 0 Å². The molecule has 0 radical (unpaired) electrons. The lowest BCUT2D eigenvalue weighted by Gasteiger charge is -2.15. The molecule has 2 rings (SSSR count). The van der Waals surface area contributed by atoms with Crippen molar-refractivity contribution in [1.82, 2.24) is 10.3 Å². The molecule has 20 heavy (non-hydrogen) atoms. The normalized spacial score (nSPS) is 12.3. The monoisotopic (exact) mass is 354 g/mol. The second-order valence-corrected chi connectivity index (χ2v) is 6.48.